The molecule has 0 bridgehead atoms. The molecule has 0 aliphatic rings. The van der Waals surface area contributed by atoms with Gasteiger partial charge in [-0.15, -0.1) is 11.6 Å². The van der Waals surface area contributed by atoms with Gasteiger partial charge in [-0.2, -0.15) is 0 Å². The average Bonchev–Trinajstić information content (AvgIpc) is 2.59. The number of aromatic amines is 1. The zero-order valence-corrected chi connectivity index (χ0v) is 14.2. The van der Waals surface area contributed by atoms with Crippen molar-refractivity contribution in [3.05, 3.63) is 57.7 Å². The van der Waals surface area contributed by atoms with E-state index in [0.29, 0.717) is 45.4 Å². The van der Waals surface area contributed by atoms with Crippen LogP contribution in [0.3, 0.4) is 0 Å². The van der Waals surface area contributed by atoms with E-state index in [2.05, 4.69) is 4.98 Å². The van der Waals surface area contributed by atoms with E-state index in [1.165, 1.54) is 0 Å². The zero-order chi connectivity index (χ0) is 17.1. The number of pyridine rings is 1. The first-order valence-corrected chi connectivity index (χ1v) is 8.35. The fraction of sp³-hybridized carbons (Fsp3) is 0.167. The Bertz CT molecular complexity index is 920. The number of hydrogen-bond donors (Lipinski definition) is 2. The Morgan fingerprint density at radius 3 is 2.58 bits per heavy atom. The first-order valence-electron chi connectivity index (χ1n) is 7.44. The van der Waals surface area contributed by atoms with Crippen LogP contribution in [0.5, 0.6) is 11.5 Å². The van der Waals surface area contributed by atoms with Crippen LogP contribution in [0.25, 0.3) is 22.2 Å². The standard InChI is InChI=1S/C18H15Cl2NO3/c19-8-1-9-24-13-5-2-11(3-6-13)16-18(23)17(22)14-7-4-12(20)10-15(14)21-16/h2-7,10,23H,1,8-9H2,(H,21,22). The van der Waals surface area contributed by atoms with Gasteiger partial charge < -0.3 is 14.8 Å². The number of aromatic nitrogens is 1. The van der Waals surface area contributed by atoms with Gasteiger partial charge in [-0.1, -0.05) is 11.6 Å². The molecule has 2 aromatic carbocycles. The molecule has 3 rings (SSSR count). The molecule has 0 unspecified atom stereocenters. The largest absolute Gasteiger partial charge is 0.503 e. The fourth-order valence-corrected chi connectivity index (χ4v) is 2.71. The lowest BCUT2D eigenvalue weighted by molar-refractivity contribution is 0.318. The van der Waals surface area contributed by atoms with Gasteiger partial charge in [0, 0.05) is 21.9 Å². The molecule has 0 radical (unpaired) electrons. The van der Waals surface area contributed by atoms with Crippen LogP contribution in [0.4, 0.5) is 0 Å². The quantitative estimate of drug-likeness (QED) is 0.515. The van der Waals surface area contributed by atoms with Crippen molar-refractivity contribution in [1.82, 2.24) is 4.98 Å². The highest BCUT2D eigenvalue weighted by molar-refractivity contribution is 6.31. The monoisotopic (exact) mass is 363 g/mol. The number of halogens is 2. The van der Waals surface area contributed by atoms with Crippen LogP contribution in [-0.2, 0) is 0 Å². The second-order valence-corrected chi connectivity index (χ2v) is 6.10. The van der Waals surface area contributed by atoms with Crippen LogP contribution in [0.2, 0.25) is 5.02 Å². The molecule has 0 fully saturated rings. The summed E-state index contributed by atoms with van der Waals surface area (Å²) in [5, 5.41) is 11.1. The summed E-state index contributed by atoms with van der Waals surface area (Å²) < 4.78 is 5.54. The smallest absolute Gasteiger partial charge is 0.231 e. The zero-order valence-electron chi connectivity index (χ0n) is 12.7. The van der Waals surface area contributed by atoms with Gasteiger partial charge in [0.05, 0.1) is 17.8 Å². The summed E-state index contributed by atoms with van der Waals surface area (Å²) in [7, 11) is 0. The maximum absolute atomic E-state index is 12.3. The van der Waals surface area contributed by atoms with Crippen LogP contribution in [0.15, 0.2) is 47.3 Å². The average molecular weight is 364 g/mol. The van der Waals surface area contributed by atoms with Crippen LogP contribution >= 0.6 is 23.2 Å². The third kappa shape index (κ3) is 3.35. The van der Waals surface area contributed by atoms with Crippen molar-refractivity contribution in [2.75, 3.05) is 12.5 Å². The molecule has 3 aromatic rings. The van der Waals surface area contributed by atoms with Crippen molar-refractivity contribution in [3.8, 4) is 22.8 Å². The topological polar surface area (TPSA) is 62.3 Å². The van der Waals surface area contributed by atoms with Crippen molar-refractivity contribution >= 4 is 34.1 Å². The maximum atomic E-state index is 12.3. The predicted molar refractivity (Wildman–Crippen MR) is 97.5 cm³/mol. The second-order valence-electron chi connectivity index (χ2n) is 5.28. The number of hydrogen-bond acceptors (Lipinski definition) is 3. The SMILES string of the molecule is O=c1c(O)c(-c2ccc(OCCCCl)cc2)[nH]c2cc(Cl)ccc12. The molecule has 1 aromatic heterocycles. The van der Waals surface area contributed by atoms with E-state index in [4.69, 9.17) is 27.9 Å². The summed E-state index contributed by atoms with van der Waals surface area (Å²) in [6, 6.07) is 12.0. The van der Waals surface area contributed by atoms with E-state index in [-0.39, 0.29) is 5.75 Å². The number of ether oxygens (including phenoxy) is 1. The van der Waals surface area contributed by atoms with Crippen molar-refractivity contribution in [2.45, 2.75) is 6.42 Å². The summed E-state index contributed by atoms with van der Waals surface area (Å²) in [4.78, 5) is 15.4. The molecule has 4 nitrogen and oxygen atoms in total. The molecule has 0 aliphatic carbocycles. The molecule has 124 valence electrons. The molecule has 0 saturated heterocycles. The summed E-state index contributed by atoms with van der Waals surface area (Å²) >= 11 is 11.6. The van der Waals surface area contributed by atoms with E-state index in [9.17, 15) is 9.90 Å². The first kappa shape index (κ1) is 16.7. The minimum absolute atomic E-state index is 0.319. The number of alkyl halides is 1. The summed E-state index contributed by atoms with van der Waals surface area (Å²) in [5.74, 6) is 0.933. The van der Waals surface area contributed by atoms with Crippen LogP contribution in [-0.4, -0.2) is 22.6 Å². The fourth-order valence-electron chi connectivity index (χ4n) is 2.42. The highest BCUT2D eigenvalue weighted by Gasteiger charge is 2.13. The van der Waals surface area contributed by atoms with Gasteiger partial charge in [-0.05, 0) is 48.9 Å². The molecule has 1 heterocycles. The lowest BCUT2D eigenvalue weighted by atomic mass is 10.1. The van der Waals surface area contributed by atoms with Gasteiger partial charge in [0.25, 0.3) is 0 Å². The Balaban J connectivity index is 1.99. The molecule has 0 saturated carbocycles. The van der Waals surface area contributed by atoms with Crippen LogP contribution < -0.4 is 10.2 Å². The molecule has 0 amide bonds. The van der Waals surface area contributed by atoms with E-state index in [0.717, 1.165) is 6.42 Å². The molecule has 2 N–H and O–H groups in total. The van der Waals surface area contributed by atoms with E-state index >= 15 is 0 Å². The molecule has 0 aliphatic heterocycles. The molecule has 6 heteroatoms. The first-order chi connectivity index (χ1) is 11.6. The van der Waals surface area contributed by atoms with Gasteiger partial charge in [0.15, 0.2) is 5.75 Å². The summed E-state index contributed by atoms with van der Waals surface area (Å²) in [6.45, 7) is 0.541. The molecular weight excluding hydrogens is 349 g/mol. The minimum Gasteiger partial charge on any atom is -0.503 e. The van der Waals surface area contributed by atoms with Gasteiger partial charge in [-0.3, -0.25) is 4.79 Å². The molecule has 0 atom stereocenters. The molecule has 0 spiro atoms. The van der Waals surface area contributed by atoms with Crippen LogP contribution in [0, 0.1) is 0 Å². The van der Waals surface area contributed by atoms with Gasteiger partial charge in [-0.25, -0.2) is 0 Å². The molecule has 24 heavy (non-hydrogen) atoms. The number of fused-ring (bicyclic) bond motifs is 1. The number of H-pyrrole nitrogens is 1. The van der Waals surface area contributed by atoms with E-state index < -0.39 is 5.43 Å². The maximum Gasteiger partial charge on any atom is 0.231 e. The van der Waals surface area contributed by atoms with Crippen molar-refractivity contribution in [2.24, 2.45) is 0 Å². The normalized spacial score (nSPS) is 10.9. The highest BCUT2D eigenvalue weighted by atomic mass is 35.5. The van der Waals surface area contributed by atoms with Gasteiger partial charge in [0.1, 0.15) is 5.75 Å². The summed E-state index contributed by atoms with van der Waals surface area (Å²) in [5.41, 5.74) is 1.17. The number of aromatic hydroxyl groups is 1. The van der Waals surface area contributed by atoms with E-state index in [1.54, 1.807) is 42.5 Å². The Morgan fingerprint density at radius 1 is 1.12 bits per heavy atom. The highest BCUT2D eigenvalue weighted by Crippen LogP contribution is 2.29. The number of rotatable bonds is 5. The Hall–Kier alpha value is -2.17. The van der Waals surface area contributed by atoms with Gasteiger partial charge in [0.2, 0.25) is 5.43 Å². The van der Waals surface area contributed by atoms with Crippen molar-refractivity contribution in [1.29, 1.82) is 0 Å². The predicted octanol–water partition coefficient (Wildman–Crippen LogP) is 4.56. The summed E-state index contributed by atoms with van der Waals surface area (Å²) in [6.07, 6.45) is 0.767. The third-order valence-electron chi connectivity index (χ3n) is 3.63. The van der Waals surface area contributed by atoms with E-state index in [1.807, 2.05) is 0 Å². The van der Waals surface area contributed by atoms with Gasteiger partial charge >= 0.3 is 0 Å². The van der Waals surface area contributed by atoms with Crippen LogP contribution in [0.1, 0.15) is 6.42 Å². The minimum atomic E-state index is -0.433. The number of benzene rings is 2. The lowest BCUT2D eigenvalue weighted by Gasteiger charge is -2.09. The van der Waals surface area contributed by atoms with Crippen molar-refractivity contribution in [3.63, 3.8) is 0 Å². The molecular formula is C18H15Cl2NO3. The third-order valence-corrected chi connectivity index (χ3v) is 4.13. The Kier molecular flexibility index (Phi) is 4.97. The van der Waals surface area contributed by atoms with Crippen molar-refractivity contribution < 1.29 is 9.84 Å². The number of nitrogens with one attached hydrogen (secondary N) is 1. The lowest BCUT2D eigenvalue weighted by Crippen LogP contribution is -2.05. The Morgan fingerprint density at radius 2 is 1.88 bits per heavy atom. The Labute approximate surface area is 148 Å². The second kappa shape index (κ2) is 7.16.